The number of rotatable bonds is 8. The summed E-state index contributed by atoms with van der Waals surface area (Å²) in [6.45, 7) is -1.21. The number of carboxylic acids is 1. The van der Waals surface area contributed by atoms with Crippen LogP contribution in [0.5, 0.6) is 5.75 Å². The van der Waals surface area contributed by atoms with Crippen molar-refractivity contribution in [3.63, 3.8) is 0 Å². The van der Waals surface area contributed by atoms with E-state index in [1.54, 1.807) is 6.92 Å². The van der Waals surface area contributed by atoms with E-state index in [9.17, 15) is 23.5 Å². The molecule has 0 aliphatic carbocycles. The van der Waals surface area contributed by atoms with Crippen molar-refractivity contribution in [3.8, 4) is 5.75 Å². The molecule has 0 aliphatic heterocycles. The molecule has 0 fully saturated rings. The van der Waals surface area contributed by atoms with Crippen molar-refractivity contribution in [1.82, 2.24) is 0 Å². The van der Waals surface area contributed by atoms with Gasteiger partial charge in [0.15, 0.2) is 6.10 Å². The smallest absolute Gasteiger partial charge is 0.387 e. The third-order valence-corrected chi connectivity index (χ3v) is 2.77. The summed E-state index contributed by atoms with van der Waals surface area (Å²) >= 11 is 0. The number of carbonyl (C=O) groups excluding carboxylic acids is 1. The third kappa shape index (κ3) is 5.28. The molecule has 122 valence electrons. The summed E-state index contributed by atoms with van der Waals surface area (Å²) in [5, 5.41) is 18.5. The fourth-order valence-electron chi connectivity index (χ4n) is 1.84. The normalized spacial score (nSPS) is 12.0. The largest absolute Gasteiger partial charge is 0.479 e. The van der Waals surface area contributed by atoms with E-state index in [0.717, 1.165) is 6.07 Å². The highest BCUT2D eigenvalue weighted by Crippen LogP contribution is 2.26. The summed E-state index contributed by atoms with van der Waals surface area (Å²) in [4.78, 5) is 22.2. The van der Waals surface area contributed by atoms with Gasteiger partial charge in [-0.1, -0.05) is 6.07 Å². The Labute approximate surface area is 125 Å². The fraction of sp³-hybridized carbons (Fsp3) is 0.429. The van der Waals surface area contributed by atoms with Crippen LogP contribution >= 0.6 is 0 Å². The fourth-order valence-corrected chi connectivity index (χ4v) is 1.84. The van der Waals surface area contributed by atoms with Gasteiger partial charge in [0.1, 0.15) is 5.75 Å². The van der Waals surface area contributed by atoms with Gasteiger partial charge in [-0.2, -0.15) is 8.78 Å². The lowest BCUT2D eigenvalue weighted by Gasteiger charge is -2.14. The molecular formula is C14H16F2O6. The summed E-state index contributed by atoms with van der Waals surface area (Å²) < 4.78 is 33.4. The van der Waals surface area contributed by atoms with Crippen LogP contribution in [0.1, 0.15) is 30.6 Å². The molecule has 1 aromatic carbocycles. The van der Waals surface area contributed by atoms with Crippen LogP contribution in [-0.4, -0.2) is 35.4 Å². The number of esters is 1. The summed E-state index contributed by atoms with van der Waals surface area (Å²) in [7, 11) is 0. The first-order valence-corrected chi connectivity index (χ1v) is 6.49. The van der Waals surface area contributed by atoms with Gasteiger partial charge in [-0.15, -0.1) is 0 Å². The lowest BCUT2D eigenvalue weighted by Crippen LogP contribution is -2.14. The van der Waals surface area contributed by atoms with Gasteiger partial charge < -0.3 is 19.7 Å². The van der Waals surface area contributed by atoms with Gasteiger partial charge in [-0.3, -0.25) is 4.79 Å². The Morgan fingerprint density at radius 2 is 2.00 bits per heavy atom. The second-order valence-corrected chi connectivity index (χ2v) is 4.28. The number of aliphatic hydroxyl groups excluding tert-OH is 1. The zero-order valence-electron chi connectivity index (χ0n) is 11.8. The first-order valence-electron chi connectivity index (χ1n) is 6.49. The highest BCUT2D eigenvalue weighted by Gasteiger charge is 2.21. The molecule has 8 heteroatoms. The SMILES string of the molecule is CCOC(=O)CCc1cc(OC(F)F)ccc1C(O)C(=O)O. The number of aliphatic hydroxyl groups is 1. The first kappa shape index (κ1) is 17.8. The molecule has 1 rings (SSSR count). The molecule has 0 saturated heterocycles. The van der Waals surface area contributed by atoms with Crippen molar-refractivity contribution in [2.24, 2.45) is 0 Å². The van der Waals surface area contributed by atoms with Crippen molar-refractivity contribution in [3.05, 3.63) is 29.3 Å². The highest BCUT2D eigenvalue weighted by molar-refractivity contribution is 5.75. The van der Waals surface area contributed by atoms with Crippen molar-refractivity contribution >= 4 is 11.9 Å². The molecule has 6 nitrogen and oxygen atoms in total. The van der Waals surface area contributed by atoms with Crippen molar-refractivity contribution in [2.75, 3.05) is 6.61 Å². The van der Waals surface area contributed by atoms with E-state index < -0.39 is 24.7 Å². The van der Waals surface area contributed by atoms with E-state index in [4.69, 9.17) is 9.84 Å². The van der Waals surface area contributed by atoms with Crippen LogP contribution in [0.15, 0.2) is 18.2 Å². The summed E-state index contributed by atoms with van der Waals surface area (Å²) in [6, 6.07) is 3.48. The van der Waals surface area contributed by atoms with Crippen LogP contribution in [0.25, 0.3) is 0 Å². The van der Waals surface area contributed by atoms with Crippen LogP contribution in [0.3, 0.4) is 0 Å². The van der Waals surface area contributed by atoms with Crippen molar-refractivity contribution < 1.29 is 38.1 Å². The third-order valence-electron chi connectivity index (χ3n) is 2.77. The Balaban J connectivity index is 3.00. The maximum absolute atomic E-state index is 12.2. The molecule has 1 aromatic rings. The van der Waals surface area contributed by atoms with Crippen molar-refractivity contribution in [1.29, 1.82) is 0 Å². The van der Waals surface area contributed by atoms with E-state index in [-0.39, 0.29) is 36.3 Å². The first-order chi connectivity index (χ1) is 10.3. The molecule has 0 spiro atoms. The minimum absolute atomic E-state index is 0.0124. The number of hydrogen-bond donors (Lipinski definition) is 2. The standard InChI is InChI=1S/C14H16F2O6/c1-2-21-11(17)6-3-8-7-9(22-14(15)16)4-5-10(8)12(18)13(19)20/h4-5,7,12,14,18H,2-3,6H2,1H3,(H,19,20). The number of hydrogen-bond acceptors (Lipinski definition) is 5. The van der Waals surface area contributed by atoms with Gasteiger partial charge in [0, 0.05) is 6.42 Å². The maximum atomic E-state index is 12.2. The van der Waals surface area contributed by atoms with E-state index in [1.165, 1.54) is 12.1 Å². The molecule has 1 unspecified atom stereocenters. The number of alkyl halides is 2. The minimum Gasteiger partial charge on any atom is -0.479 e. The van der Waals surface area contributed by atoms with E-state index in [0.29, 0.717) is 0 Å². The Bertz CT molecular complexity index is 532. The van der Waals surface area contributed by atoms with Gasteiger partial charge in [0.25, 0.3) is 0 Å². The number of carboxylic acid groups (broad SMARTS) is 1. The second-order valence-electron chi connectivity index (χ2n) is 4.28. The van der Waals surface area contributed by atoms with Gasteiger partial charge in [-0.25, -0.2) is 4.79 Å². The number of carbonyl (C=O) groups is 2. The average molecular weight is 318 g/mol. The predicted octanol–water partition coefficient (Wildman–Crippen LogP) is 1.90. The number of aryl methyl sites for hydroxylation is 1. The molecule has 0 aromatic heterocycles. The Morgan fingerprint density at radius 3 is 2.55 bits per heavy atom. The molecule has 1 atom stereocenters. The zero-order chi connectivity index (χ0) is 16.7. The van der Waals surface area contributed by atoms with Gasteiger partial charge in [-0.05, 0) is 36.6 Å². The van der Waals surface area contributed by atoms with Crippen molar-refractivity contribution in [2.45, 2.75) is 32.5 Å². The predicted molar refractivity (Wildman–Crippen MR) is 70.6 cm³/mol. The Hall–Kier alpha value is -2.22. The van der Waals surface area contributed by atoms with Crippen LogP contribution < -0.4 is 4.74 Å². The molecule has 0 bridgehead atoms. The summed E-state index contributed by atoms with van der Waals surface area (Å²) in [5.74, 6) is -2.19. The molecule has 0 aliphatic rings. The van der Waals surface area contributed by atoms with Crippen LogP contribution in [0.4, 0.5) is 8.78 Å². The monoisotopic (exact) mass is 318 g/mol. The molecular weight excluding hydrogens is 302 g/mol. The minimum atomic E-state index is -3.03. The quantitative estimate of drug-likeness (QED) is 0.711. The molecule has 0 heterocycles. The maximum Gasteiger partial charge on any atom is 0.387 e. The molecule has 0 saturated carbocycles. The Morgan fingerprint density at radius 1 is 1.32 bits per heavy atom. The second kappa shape index (κ2) is 8.28. The van der Waals surface area contributed by atoms with Gasteiger partial charge in [0.05, 0.1) is 6.61 Å². The number of aliphatic carboxylic acids is 1. The molecule has 0 amide bonds. The van der Waals surface area contributed by atoms with Gasteiger partial charge in [0.2, 0.25) is 0 Å². The topological polar surface area (TPSA) is 93.1 Å². The molecule has 22 heavy (non-hydrogen) atoms. The van der Waals surface area contributed by atoms with E-state index in [2.05, 4.69) is 4.74 Å². The van der Waals surface area contributed by atoms with Crippen LogP contribution in [0, 0.1) is 0 Å². The van der Waals surface area contributed by atoms with Gasteiger partial charge >= 0.3 is 18.6 Å². The van der Waals surface area contributed by atoms with Crippen LogP contribution in [0.2, 0.25) is 0 Å². The lowest BCUT2D eigenvalue weighted by atomic mass is 9.98. The number of halogens is 2. The summed E-state index contributed by atoms with van der Waals surface area (Å²) in [5.41, 5.74) is 0.236. The number of benzene rings is 1. The Kier molecular flexibility index (Phi) is 6.71. The lowest BCUT2D eigenvalue weighted by molar-refractivity contribution is -0.147. The number of ether oxygens (including phenoxy) is 2. The van der Waals surface area contributed by atoms with E-state index in [1.807, 2.05) is 0 Å². The van der Waals surface area contributed by atoms with Crippen LogP contribution in [-0.2, 0) is 20.7 Å². The molecule has 2 N–H and O–H groups in total. The zero-order valence-corrected chi connectivity index (χ0v) is 11.8. The average Bonchev–Trinajstić information content (AvgIpc) is 2.44. The molecule has 0 radical (unpaired) electrons. The highest BCUT2D eigenvalue weighted by atomic mass is 19.3. The van der Waals surface area contributed by atoms with E-state index >= 15 is 0 Å². The summed E-state index contributed by atoms with van der Waals surface area (Å²) in [6.07, 6.45) is -1.87.